The van der Waals surface area contributed by atoms with Crippen LogP contribution in [-0.2, 0) is 6.54 Å². The van der Waals surface area contributed by atoms with Crippen molar-refractivity contribution in [3.8, 4) is 0 Å². The van der Waals surface area contributed by atoms with Crippen LogP contribution in [0.1, 0.15) is 26.5 Å². The number of guanidine groups is 1. The number of rotatable bonds is 4. The standard InChI is InChI=1S/C12H19FN4/c1-4-14-12(17-9(2)3)16-8-11-10(13)6-5-7-15-11/h5-7,9H,4,8H2,1-3H3,(H2,14,16,17). The zero-order chi connectivity index (χ0) is 12.7. The average Bonchev–Trinajstić information content (AvgIpc) is 2.27. The molecule has 0 aliphatic carbocycles. The molecule has 1 aromatic heterocycles. The quantitative estimate of drug-likeness (QED) is 0.620. The Morgan fingerprint density at radius 3 is 2.88 bits per heavy atom. The molecule has 0 aliphatic heterocycles. The maximum Gasteiger partial charge on any atom is 0.191 e. The highest BCUT2D eigenvalue weighted by Gasteiger charge is 2.03. The van der Waals surface area contributed by atoms with Crippen molar-refractivity contribution < 1.29 is 4.39 Å². The second-order valence-electron chi connectivity index (χ2n) is 3.93. The zero-order valence-electron chi connectivity index (χ0n) is 10.5. The number of hydrogen-bond acceptors (Lipinski definition) is 2. The van der Waals surface area contributed by atoms with Crippen molar-refractivity contribution in [1.82, 2.24) is 15.6 Å². The predicted molar refractivity (Wildman–Crippen MR) is 67.3 cm³/mol. The van der Waals surface area contributed by atoms with Gasteiger partial charge in [0.1, 0.15) is 5.82 Å². The van der Waals surface area contributed by atoms with E-state index in [4.69, 9.17) is 0 Å². The SMILES string of the molecule is CCNC(=NCc1ncccc1F)NC(C)C. The van der Waals surface area contributed by atoms with E-state index in [9.17, 15) is 4.39 Å². The molecule has 5 heteroatoms. The van der Waals surface area contributed by atoms with Crippen molar-refractivity contribution in [2.45, 2.75) is 33.4 Å². The van der Waals surface area contributed by atoms with Crippen LogP contribution < -0.4 is 10.6 Å². The Morgan fingerprint density at radius 1 is 1.53 bits per heavy atom. The van der Waals surface area contributed by atoms with Gasteiger partial charge in [0.05, 0.1) is 12.2 Å². The molecular formula is C12H19FN4. The first-order valence-corrected chi connectivity index (χ1v) is 5.77. The molecule has 0 spiro atoms. The highest BCUT2D eigenvalue weighted by molar-refractivity contribution is 5.79. The molecule has 17 heavy (non-hydrogen) atoms. The number of pyridine rings is 1. The molecule has 0 fully saturated rings. The van der Waals surface area contributed by atoms with Crippen LogP contribution >= 0.6 is 0 Å². The molecule has 0 bridgehead atoms. The Labute approximate surface area is 101 Å². The van der Waals surface area contributed by atoms with Gasteiger partial charge in [0, 0.05) is 18.8 Å². The third kappa shape index (κ3) is 4.80. The summed E-state index contributed by atoms with van der Waals surface area (Å²) in [5.74, 6) is 0.351. The van der Waals surface area contributed by atoms with Gasteiger partial charge in [0.25, 0.3) is 0 Å². The van der Waals surface area contributed by atoms with E-state index < -0.39 is 0 Å². The summed E-state index contributed by atoms with van der Waals surface area (Å²) in [5.41, 5.74) is 0.355. The third-order valence-electron chi connectivity index (χ3n) is 1.99. The van der Waals surface area contributed by atoms with Crippen molar-refractivity contribution >= 4 is 5.96 Å². The first-order chi connectivity index (χ1) is 8.13. The average molecular weight is 238 g/mol. The Bertz CT molecular complexity index is 377. The van der Waals surface area contributed by atoms with Gasteiger partial charge >= 0.3 is 0 Å². The first kappa shape index (κ1) is 13.4. The van der Waals surface area contributed by atoms with Crippen molar-refractivity contribution in [3.63, 3.8) is 0 Å². The van der Waals surface area contributed by atoms with E-state index in [-0.39, 0.29) is 18.4 Å². The topological polar surface area (TPSA) is 49.3 Å². The second kappa shape index (κ2) is 6.83. The lowest BCUT2D eigenvalue weighted by Crippen LogP contribution is -2.41. The van der Waals surface area contributed by atoms with Gasteiger partial charge in [-0.05, 0) is 32.9 Å². The number of hydrogen-bond donors (Lipinski definition) is 2. The van der Waals surface area contributed by atoms with Crippen LogP contribution in [0.15, 0.2) is 23.3 Å². The molecular weight excluding hydrogens is 219 g/mol. The summed E-state index contributed by atoms with van der Waals surface area (Å²) in [6, 6.07) is 3.24. The van der Waals surface area contributed by atoms with Crippen molar-refractivity contribution in [2.75, 3.05) is 6.54 Å². The van der Waals surface area contributed by atoms with Crippen molar-refractivity contribution in [3.05, 3.63) is 29.8 Å². The van der Waals surface area contributed by atoms with Gasteiger partial charge in [-0.15, -0.1) is 0 Å². The first-order valence-electron chi connectivity index (χ1n) is 5.77. The maximum absolute atomic E-state index is 13.3. The molecule has 4 nitrogen and oxygen atoms in total. The van der Waals surface area contributed by atoms with Gasteiger partial charge < -0.3 is 10.6 Å². The van der Waals surface area contributed by atoms with E-state index in [1.165, 1.54) is 6.07 Å². The molecule has 94 valence electrons. The van der Waals surface area contributed by atoms with E-state index in [1.807, 2.05) is 20.8 Å². The molecule has 0 amide bonds. The predicted octanol–water partition coefficient (Wildman–Crippen LogP) is 1.68. The minimum atomic E-state index is -0.323. The minimum absolute atomic E-state index is 0.231. The molecule has 0 atom stereocenters. The molecule has 0 aromatic carbocycles. The highest BCUT2D eigenvalue weighted by Crippen LogP contribution is 2.03. The molecule has 1 heterocycles. The molecule has 1 rings (SSSR count). The summed E-state index contributed by atoms with van der Waals surface area (Å²) >= 11 is 0. The Hall–Kier alpha value is -1.65. The number of aromatic nitrogens is 1. The van der Waals surface area contributed by atoms with Crippen LogP contribution in [0.4, 0.5) is 4.39 Å². The lowest BCUT2D eigenvalue weighted by atomic mass is 10.3. The van der Waals surface area contributed by atoms with E-state index in [1.54, 1.807) is 12.3 Å². The van der Waals surface area contributed by atoms with Gasteiger partial charge in [-0.2, -0.15) is 0 Å². The van der Waals surface area contributed by atoms with Crippen molar-refractivity contribution in [2.24, 2.45) is 4.99 Å². The van der Waals surface area contributed by atoms with Gasteiger partial charge in [0.15, 0.2) is 5.96 Å². The molecule has 0 unspecified atom stereocenters. The number of nitrogens with zero attached hydrogens (tertiary/aromatic N) is 2. The third-order valence-corrected chi connectivity index (χ3v) is 1.99. The van der Waals surface area contributed by atoms with Crippen LogP contribution in [0.2, 0.25) is 0 Å². The van der Waals surface area contributed by atoms with Gasteiger partial charge in [-0.25, -0.2) is 9.38 Å². The summed E-state index contributed by atoms with van der Waals surface area (Å²) in [4.78, 5) is 8.23. The van der Waals surface area contributed by atoms with E-state index in [0.29, 0.717) is 11.7 Å². The largest absolute Gasteiger partial charge is 0.357 e. The summed E-state index contributed by atoms with van der Waals surface area (Å²) < 4.78 is 13.3. The highest BCUT2D eigenvalue weighted by atomic mass is 19.1. The van der Waals surface area contributed by atoms with Crippen LogP contribution in [0.25, 0.3) is 0 Å². The lowest BCUT2D eigenvalue weighted by molar-refractivity contribution is 0.599. The minimum Gasteiger partial charge on any atom is -0.357 e. The summed E-state index contributed by atoms with van der Waals surface area (Å²) in [6.45, 7) is 7.03. The Morgan fingerprint density at radius 2 is 2.29 bits per heavy atom. The molecule has 1 aromatic rings. The van der Waals surface area contributed by atoms with Crippen LogP contribution in [-0.4, -0.2) is 23.5 Å². The van der Waals surface area contributed by atoms with Gasteiger partial charge in [-0.1, -0.05) is 0 Å². The smallest absolute Gasteiger partial charge is 0.191 e. The van der Waals surface area contributed by atoms with Gasteiger partial charge in [0.2, 0.25) is 0 Å². The second-order valence-corrected chi connectivity index (χ2v) is 3.93. The van der Waals surface area contributed by atoms with Crippen LogP contribution in [0.3, 0.4) is 0 Å². The van der Waals surface area contributed by atoms with E-state index >= 15 is 0 Å². The van der Waals surface area contributed by atoms with Gasteiger partial charge in [-0.3, -0.25) is 4.98 Å². The molecule has 0 saturated heterocycles. The maximum atomic E-state index is 13.3. The van der Waals surface area contributed by atoms with E-state index in [2.05, 4.69) is 20.6 Å². The zero-order valence-corrected chi connectivity index (χ0v) is 10.5. The fourth-order valence-electron chi connectivity index (χ4n) is 1.28. The normalized spacial score (nSPS) is 11.7. The number of aliphatic imine (C=N–C) groups is 1. The van der Waals surface area contributed by atoms with Crippen molar-refractivity contribution in [1.29, 1.82) is 0 Å². The Balaban J connectivity index is 2.68. The molecule has 2 N–H and O–H groups in total. The van der Waals surface area contributed by atoms with Crippen LogP contribution in [0.5, 0.6) is 0 Å². The summed E-state index contributed by atoms with van der Waals surface area (Å²) in [6.07, 6.45) is 1.57. The number of halogens is 1. The summed E-state index contributed by atoms with van der Waals surface area (Å²) in [7, 11) is 0. The summed E-state index contributed by atoms with van der Waals surface area (Å²) in [5, 5.41) is 6.25. The fraction of sp³-hybridized carbons (Fsp3) is 0.500. The van der Waals surface area contributed by atoms with Crippen LogP contribution in [0, 0.1) is 5.82 Å². The van der Waals surface area contributed by atoms with E-state index in [0.717, 1.165) is 6.54 Å². The molecule has 0 aliphatic rings. The fourth-order valence-corrected chi connectivity index (χ4v) is 1.28. The Kier molecular flexibility index (Phi) is 5.39. The number of nitrogens with one attached hydrogen (secondary N) is 2. The molecule has 0 radical (unpaired) electrons. The monoisotopic (exact) mass is 238 g/mol. The molecule has 0 saturated carbocycles. The lowest BCUT2D eigenvalue weighted by Gasteiger charge is -2.13.